The van der Waals surface area contributed by atoms with E-state index in [0.717, 1.165) is 44.6 Å². The lowest BCUT2D eigenvalue weighted by Gasteiger charge is -2.09. The van der Waals surface area contributed by atoms with Crippen molar-refractivity contribution in [1.29, 1.82) is 0 Å². The van der Waals surface area contributed by atoms with Crippen LogP contribution in [0.25, 0.3) is 114 Å². The fourth-order valence-electron chi connectivity index (χ4n) is 8.66. The van der Waals surface area contributed by atoms with Crippen molar-refractivity contribution in [3.05, 3.63) is 188 Å². The highest BCUT2D eigenvalue weighted by molar-refractivity contribution is 7.26. The van der Waals surface area contributed by atoms with Crippen molar-refractivity contribution in [3.8, 4) is 50.3 Å². The summed E-state index contributed by atoms with van der Waals surface area (Å²) in [4.78, 5) is 9.59. The van der Waals surface area contributed by atoms with Crippen LogP contribution in [0.1, 0.15) is 0 Å². The summed E-state index contributed by atoms with van der Waals surface area (Å²) < 4.78 is 11.4. The highest BCUT2D eigenvalue weighted by Gasteiger charge is 2.19. The quantitative estimate of drug-likeness (QED) is 0.176. The maximum absolute atomic E-state index is 6.57. The second-order valence-corrected chi connectivity index (χ2v) is 15.7. The first-order chi connectivity index (χ1) is 28.2. The lowest BCUT2D eigenvalue weighted by atomic mass is 9.97. The van der Waals surface area contributed by atoms with Crippen molar-refractivity contribution in [1.82, 2.24) is 14.5 Å². The molecule has 0 N–H and O–H groups in total. The van der Waals surface area contributed by atoms with Crippen LogP contribution in [-0.2, 0) is 0 Å². The molecule has 4 aromatic heterocycles. The highest BCUT2D eigenvalue weighted by Crippen LogP contribution is 2.44. The van der Waals surface area contributed by atoms with E-state index in [1.54, 1.807) is 6.33 Å². The lowest BCUT2D eigenvalue weighted by molar-refractivity contribution is 0.667. The van der Waals surface area contributed by atoms with E-state index in [9.17, 15) is 0 Å². The molecule has 0 amide bonds. The van der Waals surface area contributed by atoms with Crippen molar-refractivity contribution < 1.29 is 4.42 Å². The number of thiophene rings is 1. The largest absolute Gasteiger partial charge is 0.452 e. The van der Waals surface area contributed by atoms with E-state index >= 15 is 0 Å². The number of hydrogen-bond donors (Lipinski definition) is 0. The SMILES string of the molecule is c1ccc(-c2ccc(-c3ccc4oc5c(-c6ccc7sc8cccc(-c9ccc%10c(c9)c9ccccc9n%10-c9ccccc9)c8c7c6)ncnc5c4c3)cc2)cc1. The van der Waals surface area contributed by atoms with Crippen LogP contribution in [0, 0.1) is 0 Å². The molecule has 266 valence electrons. The fraction of sp³-hybridized carbons (Fsp3) is 0. The average molecular weight is 746 g/mol. The molecular weight excluding hydrogens is 715 g/mol. The topological polar surface area (TPSA) is 43.9 Å². The molecule has 12 rings (SSSR count). The van der Waals surface area contributed by atoms with Crippen LogP contribution in [-0.4, -0.2) is 14.5 Å². The summed E-state index contributed by atoms with van der Waals surface area (Å²) in [5.41, 5.74) is 14.7. The molecule has 0 spiro atoms. The molecule has 0 saturated carbocycles. The minimum atomic E-state index is 0.698. The summed E-state index contributed by atoms with van der Waals surface area (Å²) in [5, 5.41) is 5.92. The molecular formula is C52H31N3OS. The molecule has 0 atom stereocenters. The lowest BCUT2D eigenvalue weighted by Crippen LogP contribution is -1.92. The van der Waals surface area contributed by atoms with Gasteiger partial charge in [-0.15, -0.1) is 11.3 Å². The Bertz CT molecular complexity index is 3510. The summed E-state index contributed by atoms with van der Waals surface area (Å²) in [6.07, 6.45) is 1.66. The number of para-hydroxylation sites is 2. The van der Waals surface area contributed by atoms with Gasteiger partial charge in [-0.3, -0.25) is 0 Å². The van der Waals surface area contributed by atoms with Crippen LogP contribution >= 0.6 is 11.3 Å². The summed E-state index contributed by atoms with van der Waals surface area (Å²) >= 11 is 1.83. The molecule has 0 radical (unpaired) electrons. The third-order valence-electron chi connectivity index (χ3n) is 11.3. The summed E-state index contributed by atoms with van der Waals surface area (Å²) in [6.45, 7) is 0. The Labute approximate surface area is 331 Å². The predicted molar refractivity (Wildman–Crippen MR) is 238 cm³/mol. The van der Waals surface area contributed by atoms with Gasteiger partial charge in [0.2, 0.25) is 0 Å². The minimum absolute atomic E-state index is 0.698. The molecule has 57 heavy (non-hydrogen) atoms. The first-order valence-corrected chi connectivity index (χ1v) is 19.9. The van der Waals surface area contributed by atoms with Gasteiger partial charge in [0.25, 0.3) is 0 Å². The van der Waals surface area contributed by atoms with Crippen molar-refractivity contribution in [2.45, 2.75) is 0 Å². The number of benzene rings is 8. The second kappa shape index (κ2) is 12.6. The van der Waals surface area contributed by atoms with Crippen LogP contribution in [0.5, 0.6) is 0 Å². The zero-order chi connectivity index (χ0) is 37.5. The van der Waals surface area contributed by atoms with E-state index in [0.29, 0.717) is 5.58 Å². The Hall–Kier alpha value is -7.34. The molecule has 0 aliphatic carbocycles. The maximum Gasteiger partial charge on any atom is 0.180 e. The van der Waals surface area contributed by atoms with E-state index in [1.165, 1.54) is 64.2 Å². The van der Waals surface area contributed by atoms with Crippen LogP contribution in [0.2, 0.25) is 0 Å². The molecule has 0 bridgehead atoms. The van der Waals surface area contributed by atoms with E-state index in [1.807, 2.05) is 17.4 Å². The molecule has 0 fully saturated rings. The van der Waals surface area contributed by atoms with Gasteiger partial charge >= 0.3 is 0 Å². The molecule has 4 heterocycles. The third-order valence-corrected chi connectivity index (χ3v) is 12.5. The normalized spacial score (nSPS) is 11.9. The molecule has 8 aromatic carbocycles. The Morgan fingerprint density at radius 3 is 1.96 bits per heavy atom. The Morgan fingerprint density at radius 1 is 0.439 bits per heavy atom. The maximum atomic E-state index is 6.57. The molecule has 4 nitrogen and oxygen atoms in total. The number of aromatic nitrogens is 3. The van der Waals surface area contributed by atoms with Crippen LogP contribution < -0.4 is 0 Å². The molecule has 0 aliphatic heterocycles. The van der Waals surface area contributed by atoms with E-state index in [2.05, 4.69) is 180 Å². The number of nitrogens with zero attached hydrogens (tertiary/aromatic N) is 3. The van der Waals surface area contributed by atoms with Gasteiger partial charge in [-0.05, 0) is 94.0 Å². The minimum Gasteiger partial charge on any atom is -0.452 e. The molecule has 0 saturated heterocycles. The van der Waals surface area contributed by atoms with Gasteiger partial charge in [0, 0.05) is 47.6 Å². The van der Waals surface area contributed by atoms with E-state index in [4.69, 9.17) is 14.4 Å². The summed E-state index contributed by atoms with van der Waals surface area (Å²) in [5.74, 6) is 0. The number of furan rings is 1. The molecule has 0 unspecified atom stereocenters. The third kappa shape index (κ3) is 5.06. The van der Waals surface area contributed by atoms with Gasteiger partial charge in [-0.25, -0.2) is 9.97 Å². The highest BCUT2D eigenvalue weighted by atomic mass is 32.1. The van der Waals surface area contributed by atoms with Crippen LogP contribution in [0.15, 0.2) is 193 Å². The summed E-state index contributed by atoms with van der Waals surface area (Å²) in [6, 6.07) is 65.2. The predicted octanol–water partition coefficient (Wildman–Crippen LogP) is 14.5. The second-order valence-electron chi connectivity index (χ2n) is 14.6. The fourth-order valence-corrected chi connectivity index (χ4v) is 9.77. The summed E-state index contributed by atoms with van der Waals surface area (Å²) in [7, 11) is 0. The van der Waals surface area contributed by atoms with Gasteiger partial charge in [0.05, 0.1) is 11.0 Å². The van der Waals surface area contributed by atoms with Gasteiger partial charge < -0.3 is 8.98 Å². The number of fused-ring (bicyclic) bond motifs is 9. The first kappa shape index (κ1) is 32.0. The average Bonchev–Trinajstić information content (AvgIpc) is 3.96. The molecule has 12 aromatic rings. The van der Waals surface area contributed by atoms with Crippen molar-refractivity contribution >= 4 is 75.4 Å². The monoisotopic (exact) mass is 745 g/mol. The zero-order valence-corrected chi connectivity index (χ0v) is 31.4. The first-order valence-electron chi connectivity index (χ1n) is 19.1. The number of hydrogen-bond acceptors (Lipinski definition) is 4. The van der Waals surface area contributed by atoms with Gasteiger partial charge in [-0.2, -0.15) is 0 Å². The molecule has 0 aliphatic rings. The Morgan fingerprint density at radius 2 is 1.11 bits per heavy atom. The van der Waals surface area contributed by atoms with Crippen molar-refractivity contribution in [3.63, 3.8) is 0 Å². The van der Waals surface area contributed by atoms with Crippen molar-refractivity contribution in [2.24, 2.45) is 0 Å². The van der Waals surface area contributed by atoms with Gasteiger partial charge in [0.1, 0.15) is 23.1 Å². The zero-order valence-electron chi connectivity index (χ0n) is 30.6. The van der Waals surface area contributed by atoms with Gasteiger partial charge in [-0.1, -0.05) is 121 Å². The van der Waals surface area contributed by atoms with Crippen LogP contribution in [0.4, 0.5) is 0 Å². The van der Waals surface area contributed by atoms with E-state index < -0.39 is 0 Å². The Balaban J connectivity index is 0.973. The van der Waals surface area contributed by atoms with E-state index in [-0.39, 0.29) is 0 Å². The number of rotatable bonds is 5. The standard InChI is InChI=1S/C52H31N3OS/c1-3-10-32(11-4-1)33-18-20-34(21-19-33)35-23-26-46-42(28-35)51-52(56-46)50(53-31-54-51)37-24-27-47-43(30-37)49-39(15-9-17-48(49)57-47)36-22-25-45-41(29-36)40-14-7-8-16-44(40)55(45)38-12-5-2-6-13-38/h1-31H. The van der Waals surface area contributed by atoms with Crippen molar-refractivity contribution in [2.75, 3.05) is 0 Å². The van der Waals surface area contributed by atoms with Gasteiger partial charge in [0.15, 0.2) is 5.58 Å². The Kier molecular flexibility index (Phi) is 7.06. The molecule has 5 heteroatoms. The smallest absolute Gasteiger partial charge is 0.180 e. The van der Waals surface area contributed by atoms with Crippen LogP contribution in [0.3, 0.4) is 0 Å².